The first kappa shape index (κ1) is 19.1. The Labute approximate surface area is 151 Å². The van der Waals surface area contributed by atoms with E-state index >= 15 is 0 Å². The van der Waals surface area contributed by atoms with Crippen molar-refractivity contribution in [1.82, 2.24) is 15.6 Å². The van der Waals surface area contributed by atoms with E-state index < -0.39 is 11.6 Å². The number of nitrogens with one attached hydrogen (secondary N) is 2. The molecule has 2 rings (SSSR count). The van der Waals surface area contributed by atoms with Gasteiger partial charge in [0.1, 0.15) is 16.8 Å². The topological polar surface area (TPSA) is 49.3 Å². The summed E-state index contributed by atoms with van der Waals surface area (Å²) < 4.78 is 26.8. The zero-order valence-electron chi connectivity index (χ0n) is 14.2. The Kier molecular flexibility index (Phi) is 7.13. The van der Waals surface area contributed by atoms with Gasteiger partial charge in [-0.3, -0.25) is 4.99 Å². The minimum Gasteiger partial charge on any atom is -0.356 e. The van der Waals surface area contributed by atoms with Crippen molar-refractivity contribution in [3.8, 4) is 0 Å². The number of rotatable bonds is 6. The number of aromatic nitrogens is 1. The molecule has 4 nitrogen and oxygen atoms in total. The average Bonchev–Trinajstić information content (AvgIpc) is 2.59. The van der Waals surface area contributed by atoms with Gasteiger partial charge in [-0.2, -0.15) is 0 Å². The van der Waals surface area contributed by atoms with E-state index in [1.807, 2.05) is 13.0 Å². The molecule has 0 saturated heterocycles. The van der Waals surface area contributed by atoms with Crippen molar-refractivity contribution in [2.75, 3.05) is 20.1 Å². The summed E-state index contributed by atoms with van der Waals surface area (Å²) in [5.41, 5.74) is 1.53. The number of nitrogens with zero attached hydrogens (tertiary/aromatic N) is 2. The SMILES string of the molecule is CN=C(NCCc1ccc(Cl)nc1)NCC(C)c1ccc(F)cc1F. The fourth-order valence-corrected chi connectivity index (χ4v) is 2.47. The first-order chi connectivity index (χ1) is 12.0. The van der Waals surface area contributed by atoms with Gasteiger partial charge in [-0.15, -0.1) is 0 Å². The van der Waals surface area contributed by atoms with E-state index in [0.29, 0.717) is 29.8 Å². The molecule has 1 heterocycles. The van der Waals surface area contributed by atoms with Crippen molar-refractivity contribution in [2.24, 2.45) is 4.99 Å². The van der Waals surface area contributed by atoms with Gasteiger partial charge < -0.3 is 10.6 Å². The first-order valence-corrected chi connectivity index (χ1v) is 8.37. The molecule has 25 heavy (non-hydrogen) atoms. The highest BCUT2D eigenvalue weighted by Crippen LogP contribution is 2.19. The molecule has 0 radical (unpaired) electrons. The molecule has 2 aromatic rings. The van der Waals surface area contributed by atoms with E-state index in [4.69, 9.17) is 11.6 Å². The van der Waals surface area contributed by atoms with Crippen molar-refractivity contribution < 1.29 is 8.78 Å². The zero-order valence-corrected chi connectivity index (χ0v) is 14.9. The molecule has 1 unspecified atom stereocenters. The number of aliphatic imine (C=N–C) groups is 1. The lowest BCUT2D eigenvalue weighted by molar-refractivity contribution is 0.556. The number of hydrogen-bond donors (Lipinski definition) is 2. The summed E-state index contributed by atoms with van der Waals surface area (Å²) in [6, 6.07) is 7.32. The average molecular weight is 367 g/mol. The molecule has 0 aliphatic carbocycles. The minimum atomic E-state index is -0.574. The molecule has 2 N–H and O–H groups in total. The molecule has 7 heteroatoms. The maximum absolute atomic E-state index is 13.8. The van der Waals surface area contributed by atoms with E-state index in [1.54, 1.807) is 19.3 Å². The lowest BCUT2D eigenvalue weighted by Crippen LogP contribution is -2.40. The summed E-state index contributed by atoms with van der Waals surface area (Å²) in [6.45, 7) is 3.02. The second-order valence-electron chi connectivity index (χ2n) is 5.69. The summed E-state index contributed by atoms with van der Waals surface area (Å²) in [6.07, 6.45) is 2.51. The molecule has 0 saturated carbocycles. The lowest BCUT2D eigenvalue weighted by Gasteiger charge is -2.17. The molecule has 0 fully saturated rings. The van der Waals surface area contributed by atoms with Crippen LogP contribution in [0.5, 0.6) is 0 Å². The van der Waals surface area contributed by atoms with Gasteiger partial charge in [0, 0.05) is 38.3 Å². The van der Waals surface area contributed by atoms with Crippen LogP contribution in [0.2, 0.25) is 5.15 Å². The van der Waals surface area contributed by atoms with Crippen molar-refractivity contribution in [1.29, 1.82) is 0 Å². The Morgan fingerprint density at radius 1 is 1.24 bits per heavy atom. The third-order valence-electron chi connectivity index (χ3n) is 3.79. The minimum absolute atomic E-state index is 0.125. The van der Waals surface area contributed by atoms with Crippen LogP contribution in [0.25, 0.3) is 0 Å². The second kappa shape index (κ2) is 9.32. The van der Waals surface area contributed by atoms with Crippen LogP contribution in [0.1, 0.15) is 24.0 Å². The fraction of sp³-hybridized carbons (Fsp3) is 0.333. The van der Waals surface area contributed by atoms with Gasteiger partial charge in [-0.25, -0.2) is 13.8 Å². The maximum Gasteiger partial charge on any atom is 0.191 e. The highest BCUT2D eigenvalue weighted by Gasteiger charge is 2.12. The third-order valence-corrected chi connectivity index (χ3v) is 4.01. The van der Waals surface area contributed by atoms with Crippen molar-refractivity contribution >= 4 is 17.6 Å². The summed E-state index contributed by atoms with van der Waals surface area (Å²) >= 11 is 5.76. The molecule has 0 bridgehead atoms. The van der Waals surface area contributed by atoms with Crippen LogP contribution in [0.3, 0.4) is 0 Å². The predicted molar refractivity (Wildman–Crippen MR) is 97.1 cm³/mol. The van der Waals surface area contributed by atoms with Crippen LogP contribution in [0.15, 0.2) is 41.5 Å². The molecule has 0 amide bonds. The van der Waals surface area contributed by atoms with Crippen LogP contribution in [-0.4, -0.2) is 31.1 Å². The van der Waals surface area contributed by atoms with Crippen molar-refractivity contribution in [2.45, 2.75) is 19.3 Å². The number of guanidine groups is 1. The molecule has 134 valence electrons. The Morgan fingerprint density at radius 3 is 2.68 bits per heavy atom. The fourth-order valence-electron chi connectivity index (χ4n) is 2.36. The van der Waals surface area contributed by atoms with Gasteiger partial charge in [0.15, 0.2) is 5.96 Å². The molecule has 1 aromatic carbocycles. The quantitative estimate of drug-likeness (QED) is 0.467. The Bertz CT molecular complexity index is 720. The highest BCUT2D eigenvalue weighted by atomic mass is 35.5. The first-order valence-electron chi connectivity index (χ1n) is 7.99. The van der Waals surface area contributed by atoms with E-state index in [1.165, 1.54) is 12.1 Å². The summed E-state index contributed by atoms with van der Waals surface area (Å²) in [5, 5.41) is 6.80. The lowest BCUT2D eigenvalue weighted by atomic mass is 10.0. The standard InChI is InChI=1S/C18H21ClF2N4/c1-12(15-5-4-14(20)9-16(15)21)10-25-18(22-2)23-8-7-13-3-6-17(19)24-11-13/h3-6,9,11-12H,7-8,10H2,1-2H3,(H2,22,23,25). The van der Waals surface area contributed by atoms with Gasteiger partial charge in [-0.05, 0) is 29.7 Å². The van der Waals surface area contributed by atoms with E-state index in [-0.39, 0.29) is 5.92 Å². The van der Waals surface area contributed by atoms with Gasteiger partial charge >= 0.3 is 0 Å². The highest BCUT2D eigenvalue weighted by molar-refractivity contribution is 6.29. The van der Waals surface area contributed by atoms with Crippen molar-refractivity contribution in [3.63, 3.8) is 0 Å². The summed E-state index contributed by atoms with van der Waals surface area (Å²) in [4.78, 5) is 8.17. The van der Waals surface area contributed by atoms with Crippen LogP contribution in [0.4, 0.5) is 8.78 Å². The largest absolute Gasteiger partial charge is 0.356 e. The maximum atomic E-state index is 13.8. The van der Waals surface area contributed by atoms with E-state index in [2.05, 4.69) is 20.6 Å². The Morgan fingerprint density at radius 2 is 2.04 bits per heavy atom. The van der Waals surface area contributed by atoms with Crippen LogP contribution < -0.4 is 10.6 Å². The number of hydrogen-bond acceptors (Lipinski definition) is 2. The molecular weight excluding hydrogens is 346 g/mol. The van der Waals surface area contributed by atoms with Crippen LogP contribution >= 0.6 is 11.6 Å². The molecule has 0 aliphatic heterocycles. The van der Waals surface area contributed by atoms with Crippen molar-refractivity contribution in [3.05, 3.63) is 64.4 Å². The second-order valence-corrected chi connectivity index (χ2v) is 6.07. The molecule has 1 atom stereocenters. The Balaban J connectivity index is 1.80. The molecule has 1 aromatic heterocycles. The number of pyridine rings is 1. The Hall–Kier alpha value is -2.21. The summed E-state index contributed by atoms with van der Waals surface area (Å²) in [7, 11) is 1.67. The monoisotopic (exact) mass is 366 g/mol. The van der Waals surface area contributed by atoms with Gasteiger partial charge in [0.25, 0.3) is 0 Å². The van der Waals surface area contributed by atoms with E-state index in [0.717, 1.165) is 18.1 Å². The zero-order chi connectivity index (χ0) is 18.2. The number of halogens is 3. The normalized spacial score (nSPS) is 12.8. The predicted octanol–water partition coefficient (Wildman–Crippen LogP) is 3.52. The van der Waals surface area contributed by atoms with Crippen LogP contribution in [0, 0.1) is 11.6 Å². The summed E-state index contributed by atoms with van der Waals surface area (Å²) in [5.74, 6) is -0.612. The van der Waals surface area contributed by atoms with Gasteiger partial charge in [0.05, 0.1) is 0 Å². The molecule has 0 spiro atoms. The molecule has 0 aliphatic rings. The van der Waals surface area contributed by atoms with Gasteiger partial charge in [-0.1, -0.05) is 30.7 Å². The smallest absolute Gasteiger partial charge is 0.191 e. The third kappa shape index (κ3) is 5.98. The number of benzene rings is 1. The van der Waals surface area contributed by atoms with E-state index in [9.17, 15) is 8.78 Å². The molecular formula is C18H21ClF2N4. The van der Waals surface area contributed by atoms with Gasteiger partial charge in [0.2, 0.25) is 0 Å². The van der Waals surface area contributed by atoms with Crippen LogP contribution in [-0.2, 0) is 6.42 Å².